The summed E-state index contributed by atoms with van der Waals surface area (Å²) in [4.78, 5) is 25.8. The molecule has 1 heterocycles. The topological polar surface area (TPSA) is 81.7 Å². The van der Waals surface area contributed by atoms with Crippen molar-refractivity contribution in [2.75, 3.05) is 13.2 Å². The number of aliphatic hydroxyl groups excluding tert-OH is 1. The van der Waals surface area contributed by atoms with Crippen LogP contribution in [0.1, 0.15) is 57.1 Å². The van der Waals surface area contributed by atoms with Gasteiger partial charge in [-0.15, -0.1) is 0 Å². The Balaban J connectivity index is 1.81. The second-order valence-electron chi connectivity index (χ2n) is 8.04. The van der Waals surface area contributed by atoms with Gasteiger partial charge in [0, 0.05) is 25.4 Å². The van der Waals surface area contributed by atoms with Crippen molar-refractivity contribution in [1.29, 1.82) is 0 Å². The van der Waals surface area contributed by atoms with Crippen molar-refractivity contribution >= 4 is 17.5 Å². The third-order valence-electron chi connectivity index (χ3n) is 5.64. The number of aliphatic hydroxyl groups is 1. The molecule has 1 aliphatic carbocycles. The number of nitrogens with one attached hydrogen (secondary N) is 2. The molecule has 1 fully saturated rings. The highest BCUT2D eigenvalue weighted by Gasteiger charge is 2.51. The van der Waals surface area contributed by atoms with Gasteiger partial charge in [-0.2, -0.15) is 0 Å². The van der Waals surface area contributed by atoms with Crippen LogP contribution >= 0.6 is 0 Å². The lowest BCUT2D eigenvalue weighted by atomic mass is 9.75. The predicted octanol–water partition coefficient (Wildman–Crippen LogP) is 2.64. The minimum Gasteiger partial charge on any atom is -0.394 e. The minimum absolute atomic E-state index is 0.00581. The summed E-state index contributed by atoms with van der Waals surface area (Å²) in [5, 5.41) is 15.7. The van der Waals surface area contributed by atoms with Gasteiger partial charge in [0.25, 0.3) is 0 Å². The lowest BCUT2D eigenvalue weighted by Gasteiger charge is -2.54. The van der Waals surface area contributed by atoms with Gasteiger partial charge in [-0.05, 0) is 49.8 Å². The summed E-state index contributed by atoms with van der Waals surface area (Å²) in [6, 6.07) is 7.78. The first-order valence-corrected chi connectivity index (χ1v) is 10.2. The third kappa shape index (κ3) is 4.22. The molecule has 3 N–H and O–H groups in total. The molecule has 1 aromatic carbocycles. The van der Waals surface area contributed by atoms with Gasteiger partial charge in [-0.1, -0.05) is 30.3 Å². The van der Waals surface area contributed by atoms with Gasteiger partial charge in [-0.3, -0.25) is 4.79 Å². The van der Waals surface area contributed by atoms with Gasteiger partial charge in [0.1, 0.15) is 0 Å². The first kappa shape index (κ1) is 20.4. The molecule has 1 aromatic rings. The SMILES string of the molecule is CC(=O)NC[C@H]1[C@@H](c2ccc(C3=CCCC3)cc2)[C@@H](CO)N1C(=O)NC(C)C. The Morgan fingerprint density at radius 1 is 1.21 bits per heavy atom. The predicted molar refractivity (Wildman–Crippen MR) is 110 cm³/mol. The lowest BCUT2D eigenvalue weighted by molar-refractivity contribution is -0.119. The quantitative estimate of drug-likeness (QED) is 0.704. The van der Waals surface area contributed by atoms with Crippen LogP contribution in [0.5, 0.6) is 0 Å². The Morgan fingerprint density at radius 2 is 1.93 bits per heavy atom. The number of allylic oxidation sites excluding steroid dienone is 2. The van der Waals surface area contributed by atoms with Crippen molar-refractivity contribution in [1.82, 2.24) is 15.5 Å². The van der Waals surface area contributed by atoms with Crippen LogP contribution in [0.4, 0.5) is 4.79 Å². The summed E-state index contributed by atoms with van der Waals surface area (Å²) in [6.45, 7) is 5.54. The first-order chi connectivity index (χ1) is 13.4. The van der Waals surface area contributed by atoms with Crippen molar-refractivity contribution in [3.8, 4) is 0 Å². The fraction of sp³-hybridized carbons (Fsp3) is 0.545. The van der Waals surface area contributed by atoms with E-state index in [0.29, 0.717) is 6.54 Å². The zero-order valence-electron chi connectivity index (χ0n) is 16.9. The van der Waals surface area contributed by atoms with Gasteiger partial charge >= 0.3 is 6.03 Å². The minimum atomic E-state index is -0.297. The number of carbonyl (C=O) groups excluding carboxylic acids is 2. The Morgan fingerprint density at radius 3 is 2.46 bits per heavy atom. The molecule has 152 valence electrons. The average molecular weight is 386 g/mol. The van der Waals surface area contributed by atoms with Crippen LogP contribution in [0, 0.1) is 0 Å². The van der Waals surface area contributed by atoms with E-state index in [-0.39, 0.29) is 42.6 Å². The molecule has 3 rings (SSSR count). The summed E-state index contributed by atoms with van der Waals surface area (Å²) in [7, 11) is 0. The van der Waals surface area contributed by atoms with Crippen LogP contribution in [-0.2, 0) is 4.79 Å². The van der Waals surface area contributed by atoms with E-state index in [4.69, 9.17) is 0 Å². The molecular weight excluding hydrogens is 354 g/mol. The third-order valence-corrected chi connectivity index (χ3v) is 5.64. The maximum atomic E-state index is 12.6. The fourth-order valence-corrected chi connectivity index (χ4v) is 4.34. The van der Waals surface area contributed by atoms with E-state index >= 15 is 0 Å². The highest BCUT2D eigenvalue weighted by molar-refractivity contribution is 5.78. The molecule has 1 aliphatic heterocycles. The summed E-state index contributed by atoms with van der Waals surface area (Å²) >= 11 is 0. The number of hydrogen-bond acceptors (Lipinski definition) is 3. The van der Waals surface area contributed by atoms with Gasteiger partial charge in [0.2, 0.25) is 5.91 Å². The molecular formula is C22H31N3O3. The second-order valence-corrected chi connectivity index (χ2v) is 8.04. The van der Waals surface area contributed by atoms with Gasteiger partial charge in [0.15, 0.2) is 0 Å². The lowest BCUT2D eigenvalue weighted by Crippen LogP contribution is -2.70. The number of benzene rings is 1. The smallest absolute Gasteiger partial charge is 0.318 e. The molecule has 2 aliphatic rings. The molecule has 1 saturated heterocycles. The highest BCUT2D eigenvalue weighted by atomic mass is 16.3. The molecule has 6 nitrogen and oxygen atoms in total. The van der Waals surface area contributed by atoms with Crippen LogP contribution in [0.3, 0.4) is 0 Å². The number of nitrogens with zero attached hydrogens (tertiary/aromatic N) is 1. The van der Waals surface area contributed by atoms with Crippen LogP contribution in [-0.4, -0.2) is 53.2 Å². The van der Waals surface area contributed by atoms with E-state index in [0.717, 1.165) is 18.4 Å². The van der Waals surface area contributed by atoms with Crippen molar-refractivity contribution in [2.45, 2.75) is 64.1 Å². The molecule has 0 spiro atoms. The summed E-state index contributed by atoms with van der Waals surface area (Å²) in [5.41, 5.74) is 3.73. The normalized spacial score (nSPS) is 24.0. The number of hydrogen-bond donors (Lipinski definition) is 3. The first-order valence-electron chi connectivity index (χ1n) is 10.2. The Bertz CT molecular complexity index is 742. The molecule has 3 atom stereocenters. The van der Waals surface area contributed by atoms with Crippen molar-refractivity contribution in [3.05, 3.63) is 41.5 Å². The highest BCUT2D eigenvalue weighted by Crippen LogP contribution is 2.41. The standard InChI is InChI=1S/C22H31N3O3/c1-14(2)24-22(28)25-19(12-23-15(3)27)21(20(25)13-26)18-10-8-17(9-11-18)16-6-4-5-7-16/h6,8-11,14,19-21,26H,4-5,7,12-13H2,1-3H3,(H,23,27)(H,24,28)/t19-,20+,21+/m0/s1. The van der Waals surface area contributed by atoms with E-state index < -0.39 is 0 Å². The van der Waals surface area contributed by atoms with Gasteiger partial charge < -0.3 is 20.6 Å². The van der Waals surface area contributed by atoms with Crippen LogP contribution < -0.4 is 10.6 Å². The summed E-state index contributed by atoms with van der Waals surface area (Å²) in [6.07, 6.45) is 5.78. The van der Waals surface area contributed by atoms with E-state index in [9.17, 15) is 14.7 Å². The number of carbonyl (C=O) groups is 2. The van der Waals surface area contributed by atoms with Crippen molar-refractivity contribution in [2.24, 2.45) is 0 Å². The van der Waals surface area contributed by atoms with Crippen LogP contribution in [0.2, 0.25) is 0 Å². The summed E-state index contributed by atoms with van der Waals surface area (Å²) < 4.78 is 0. The van der Waals surface area contributed by atoms with Crippen molar-refractivity contribution in [3.63, 3.8) is 0 Å². The number of rotatable bonds is 6. The van der Waals surface area contributed by atoms with Crippen LogP contribution in [0.25, 0.3) is 5.57 Å². The molecule has 3 amide bonds. The maximum Gasteiger partial charge on any atom is 0.318 e. The molecule has 0 bridgehead atoms. The van der Waals surface area contributed by atoms with Crippen LogP contribution in [0.15, 0.2) is 30.3 Å². The van der Waals surface area contributed by atoms with E-state index in [1.54, 1.807) is 4.90 Å². The molecule has 0 aromatic heterocycles. The molecule has 28 heavy (non-hydrogen) atoms. The maximum absolute atomic E-state index is 12.6. The molecule has 6 heteroatoms. The fourth-order valence-electron chi connectivity index (χ4n) is 4.34. The molecule has 0 unspecified atom stereocenters. The molecule has 0 radical (unpaired) electrons. The summed E-state index contributed by atoms with van der Waals surface area (Å²) in [5.74, 6) is -0.139. The Kier molecular flexibility index (Phi) is 6.39. The zero-order chi connectivity index (χ0) is 20.3. The number of likely N-dealkylation sites (tertiary alicyclic amines) is 1. The largest absolute Gasteiger partial charge is 0.394 e. The number of amides is 3. The zero-order valence-corrected chi connectivity index (χ0v) is 16.9. The van der Waals surface area contributed by atoms with E-state index in [1.165, 1.54) is 24.5 Å². The second kappa shape index (κ2) is 8.78. The molecule has 0 saturated carbocycles. The van der Waals surface area contributed by atoms with Gasteiger partial charge in [0.05, 0.1) is 18.7 Å². The number of urea groups is 1. The Labute approximate surface area is 167 Å². The monoisotopic (exact) mass is 385 g/mol. The van der Waals surface area contributed by atoms with E-state index in [2.05, 4.69) is 41.0 Å². The van der Waals surface area contributed by atoms with Gasteiger partial charge in [-0.25, -0.2) is 4.79 Å². The van der Waals surface area contributed by atoms with E-state index in [1.807, 2.05) is 13.8 Å². The Hall–Kier alpha value is -2.34. The average Bonchev–Trinajstić information content (AvgIpc) is 3.15. The van der Waals surface area contributed by atoms with Crippen molar-refractivity contribution < 1.29 is 14.7 Å².